The Morgan fingerprint density at radius 3 is 2.56 bits per heavy atom. The minimum Gasteiger partial charge on any atom is -0.341 e. The lowest BCUT2D eigenvalue weighted by Crippen LogP contribution is -2.51. The zero-order valence-corrected chi connectivity index (χ0v) is 19.0. The number of nitrogens with one attached hydrogen (secondary N) is 2. The second-order valence-electron chi connectivity index (χ2n) is 8.74. The summed E-state index contributed by atoms with van der Waals surface area (Å²) in [5, 5.41) is 2.76. The number of nitrogens with zero attached hydrogens (tertiary/aromatic N) is 1. The molecular weight excluding hydrogens is 426 g/mol. The van der Waals surface area contributed by atoms with Crippen LogP contribution in [0.2, 0.25) is 0 Å². The van der Waals surface area contributed by atoms with Gasteiger partial charge in [-0.15, -0.1) is 0 Å². The first-order valence-corrected chi connectivity index (χ1v) is 12.6. The molecule has 0 spiro atoms. The molecule has 7 nitrogen and oxygen atoms in total. The van der Waals surface area contributed by atoms with E-state index in [9.17, 15) is 18.0 Å². The van der Waals surface area contributed by atoms with Crippen LogP contribution < -0.4 is 10.0 Å². The Bertz CT molecular complexity index is 1090. The molecule has 32 heavy (non-hydrogen) atoms. The fourth-order valence-corrected chi connectivity index (χ4v) is 5.50. The van der Waals surface area contributed by atoms with Crippen LogP contribution in [-0.2, 0) is 32.5 Å². The van der Waals surface area contributed by atoms with Crippen LogP contribution in [-0.4, -0.2) is 44.3 Å². The fourth-order valence-electron chi connectivity index (χ4n) is 4.26. The maximum atomic E-state index is 13.3. The zero-order chi connectivity index (χ0) is 22.7. The fraction of sp³-hybridized carbons (Fsp3) is 0.417. The summed E-state index contributed by atoms with van der Waals surface area (Å²) in [5.41, 5.74) is 2.31. The average Bonchev–Trinajstić information content (AvgIpc) is 2.79. The molecule has 2 aromatic rings. The predicted molar refractivity (Wildman–Crippen MR) is 123 cm³/mol. The van der Waals surface area contributed by atoms with Crippen molar-refractivity contribution in [1.29, 1.82) is 0 Å². The van der Waals surface area contributed by atoms with E-state index in [1.807, 2.05) is 30.3 Å². The second kappa shape index (κ2) is 9.42. The normalized spacial score (nSPS) is 18.0. The number of piperidine rings is 1. The Kier molecular flexibility index (Phi) is 6.62. The monoisotopic (exact) mass is 455 g/mol. The number of hydrogen-bond acceptors (Lipinski definition) is 4. The van der Waals surface area contributed by atoms with Crippen LogP contribution in [0.15, 0.2) is 53.4 Å². The van der Waals surface area contributed by atoms with Gasteiger partial charge in [0.1, 0.15) is 6.04 Å². The molecule has 1 unspecified atom stereocenters. The van der Waals surface area contributed by atoms with Crippen LogP contribution in [0.1, 0.15) is 37.3 Å². The SMILES string of the molecule is CC1CCN(C(=O)C(Cc2ccccc2)NS(=O)(=O)c2ccc3c(c2)CCC(=O)N3)CC1. The van der Waals surface area contributed by atoms with Gasteiger partial charge < -0.3 is 10.2 Å². The predicted octanol–water partition coefficient (Wildman–Crippen LogP) is 2.72. The molecule has 2 N–H and O–H groups in total. The van der Waals surface area contributed by atoms with Crippen LogP contribution in [0.3, 0.4) is 0 Å². The van der Waals surface area contributed by atoms with Gasteiger partial charge in [0.2, 0.25) is 21.8 Å². The average molecular weight is 456 g/mol. The number of carbonyl (C=O) groups is 2. The Morgan fingerprint density at radius 2 is 1.84 bits per heavy atom. The third-order valence-corrected chi connectivity index (χ3v) is 7.73. The van der Waals surface area contributed by atoms with Crippen LogP contribution >= 0.6 is 0 Å². The summed E-state index contributed by atoms with van der Waals surface area (Å²) < 4.78 is 29.2. The second-order valence-corrected chi connectivity index (χ2v) is 10.5. The Labute approximate surface area is 189 Å². The van der Waals surface area contributed by atoms with Gasteiger partial charge in [0.15, 0.2) is 0 Å². The summed E-state index contributed by atoms with van der Waals surface area (Å²) >= 11 is 0. The van der Waals surface area contributed by atoms with E-state index >= 15 is 0 Å². The van der Waals surface area contributed by atoms with E-state index in [1.54, 1.807) is 17.0 Å². The summed E-state index contributed by atoms with van der Waals surface area (Å²) in [5.74, 6) is 0.310. The quantitative estimate of drug-likeness (QED) is 0.700. The highest BCUT2D eigenvalue weighted by Crippen LogP contribution is 2.26. The first-order valence-electron chi connectivity index (χ1n) is 11.1. The highest BCUT2D eigenvalue weighted by Gasteiger charge is 2.31. The molecular formula is C24H29N3O4S. The molecule has 1 saturated heterocycles. The van der Waals surface area contributed by atoms with Gasteiger partial charge in [0.05, 0.1) is 4.90 Å². The number of likely N-dealkylation sites (tertiary alicyclic amines) is 1. The van der Waals surface area contributed by atoms with Gasteiger partial charge in [0.25, 0.3) is 0 Å². The molecule has 170 valence electrons. The minimum absolute atomic E-state index is 0.0735. The van der Waals surface area contributed by atoms with E-state index < -0.39 is 16.1 Å². The Balaban J connectivity index is 1.58. The van der Waals surface area contributed by atoms with Gasteiger partial charge in [-0.3, -0.25) is 9.59 Å². The van der Waals surface area contributed by atoms with Gasteiger partial charge in [-0.05, 0) is 60.9 Å². The number of sulfonamides is 1. The molecule has 1 fully saturated rings. The van der Waals surface area contributed by atoms with Crippen molar-refractivity contribution in [1.82, 2.24) is 9.62 Å². The van der Waals surface area contributed by atoms with Gasteiger partial charge in [0, 0.05) is 25.2 Å². The number of anilines is 1. The molecule has 0 radical (unpaired) electrons. The smallest absolute Gasteiger partial charge is 0.241 e. The standard InChI is InChI=1S/C24H29N3O4S/c1-17-11-13-27(14-12-17)24(29)22(15-18-5-3-2-4-6-18)26-32(30,31)20-8-9-21-19(16-20)7-10-23(28)25-21/h2-6,8-9,16-17,22,26H,7,10-15H2,1H3,(H,25,28). The van der Waals surface area contributed by atoms with Gasteiger partial charge in [-0.25, -0.2) is 8.42 Å². The van der Waals surface area contributed by atoms with Crippen LogP contribution in [0.5, 0.6) is 0 Å². The maximum Gasteiger partial charge on any atom is 0.241 e. The molecule has 2 heterocycles. The van der Waals surface area contributed by atoms with Crippen LogP contribution in [0.25, 0.3) is 0 Å². The van der Waals surface area contributed by atoms with Crippen molar-refractivity contribution in [2.45, 2.75) is 50.0 Å². The first-order chi connectivity index (χ1) is 15.3. The van der Waals surface area contributed by atoms with E-state index in [1.165, 1.54) is 6.07 Å². The largest absolute Gasteiger partial charge is 0.341 e. The number of fused-ring (bicyclic) bond motifs is 1. The third-order valence-electron chi connectivity index (χ3n) is 6.26. The van der Waals surface area contributed by atoms with Gasteiger partial charge in [-0.2, -0.15) is 4.72 Å². The van der Waals surface area contributed by atoms with Crippen molar-refractivity contribution in [3.63, 3.8) is 0 Å². The van der Waals surface area contributed by atoms with E-state index in [-0.39, 0.29) is 23.1 Å². The summed E-state index contributed by atoms with van der Waals surface area (Å²) in [7, 11) is -3.93. The molecule has 2 aromatic carbocycles. The van der Waals surface area contributed by atoms with E-state index in [4.69, 9.17) is 0 Å². The van der Waals surface area contributed by atoms with Crippen molar-refractivity contribution in [2.75, 3.05) is 18.4 Å². The van der Waals surface area contributed by atoms with Crippen molar-refractivity contribution >= 4 is 27.5 Å². The molecule has 0 aliphatic carbocycles. The topological polar surface area (TPSA) is 95.6 Å². The number of rotatable bonds is 6. The molecule has 2 amide bonds. The zero-order valence-electron chi connectivity index (χ0n) is 18.2. The van der Waals surface area contributed by atoms with Crippen LogP contribution in [0, 0.1) is 5.92 Å². The summed E-state index contributed by atoms with van der Waals surface area (Å²) in [4.78, 5) is 26.8. The van der Waals surface area contributed by atoms with Crippen LogP contribution in [0.4, 0.5) is 5.69 Å². The first kappa shape index (κ1) is 22.5. The summed E-state index contributed by atoms with van der Waals surface area (Å²) in [6, 6.07) is 13.2. The molecule has 1 atom stereocenters. The number of hydrogen-bond donors (Lipinski definition) is 2. The summed E-state index contributed by atoms with van der Waals surface area (Å²) in [6.45, 7) is 3.46. The lowest BCUT2D eigenvalue weighted by Gasteiger charge is -2.33. The minimum atomic E-state index is -3.93. The van der Waals surface area contributed by atoms with Gasteiger partial charge in [-0.1, -0.05) is 37.3 Å². The van der Waals surface area contributed by atoms with Gasteiger partial charge >= 0.3 is 0 Å². The molecule has 2 aliphatic heterocycles. The number of aryl methyl sites for hydroxylation is 1. The van der Waals surface area contributed by atoms with Crippen molar-refractivity contribution in [3.8, 4) is 0 Å². The van der Waals surface area contributed by atoms with Crippen molar-refractivity contribution < 1.29 is 18.0 Å². The Hall–Kier alpha value is -2.71. The lowest BCUT2D eigenvalue weighted by molar-refractivity contribution is -0.134. The van der Waals surface area contributed by atoms with Crippen molar-refractivity contribution in [2.24, 2.45) is 5.92 Å². The number of benzene rings is 2. The third kappa shape index (κ3) is 5.19. The molecule has 2 aliphatic rings. The lowest BCUT2D eigenvalue weighted by atomic mass is 9.98. The number of carbonyl (C=O) groups excluding carboxylic acids is 2. The highest BCUT2D eigenvalue weighted by molar-refractivity contribution is 7.89. The molecule has 4 rings (SSSR count). The van der Waals surface area contributed by atoms with Crippen molar-refractivity contribution in [3.05, 3.63) is 59.7 Å². The van der Waals surface area contributed by atoms with E-state index in [2.05, 4.69) is 17.0 Å². The molecule has 0 aromatic heterocycles. The molecule has 0 saturated carbocycles. The molecule has 0 bridgehead atoms. The Morgan fingerprint density at radius 1 is 1.12 bits per heavy atom. The number of amides is 2. The molecule has 8 heteroatoms. The highest BCUT2D eigenvalue weighted by atomic mass is 32.2. The van der Waals surface area contributed by atoms with E-state index in [0.29, 0.717) is 37.5 Å². The van der Waals surface area contributed by atoms with E-state index in [0.717, 1.165) is 24.0 Å². The summed E-state index contributed by atoms with van der Waals surface area (Å²) in [6.07, 6.45) is 2.95. The maximum absolute atomic E-state index is 13.3.